The summed E-state index contributed by atoms with van der Waals surface area (Å²) in [5, 5.41) is 4.16. The Bertz CT molecular complexity index is 754. The highest BCUT2D eigenvalue weighted by Gasteiger charge is 1.77. The summed E-state index contributed by atoms with van der Waals surface area (Å²) >= 11 is 3.56. The molecular formula is C27H39NO2S2. The van der Waals surface area contributed by atoms with E-state index >= 15 is 0 Å². The van der Waals surface area contributed by atoms with E-state index in [4.69, 9.17) is 8.83 Å². The van der Waals surface area contributed by atoms with E-state index in [-0.39, 0.29) is 6.15 Å². The van der Waals surface area contributed by atoms with E-state index in [2.05, 4.69) is 68.8 Å². The number of furan rings is 2. The largest absolute Gasteiger partial charge is 0.470 e. The molecule has 0 spiro atoms. The van der Waals surface area contributed by atoms with Gasteiger partial charge >= 0.3 is 0 Å². The molecule has 0 aliphatic heterocycles. The molecule has 3 nitrogen and oxygen atoms in total. The molecule has 5 heteroatoms. The van der Waals surface area contributed by atoms with Crippen LogP contribution in [-0.4, -0.2) is 0 Å². The quantitative estimate of drug-likeness (QED) is 0.280. The lowest BCUT2D eigenvalue weighted by Crippen LogP contribution is -1.56. The number of thiophene rings is 2. The second-order valence-corrected chi connectivity index (χ2v) is 8.97. The zero-order valence-corrected chi connectivity index (χ0v) is 22.1. The van der Waals surface area contributed by atoms with Gasteiger partial charge in [0.05, 0.1) is 12.5 Å². The average Bonchev–Trinajstić information content (AvgIpc) is 3.53. The number of hydrogen-bond donors (Lipinski definition) is 1. The van der Waals surface area contributed by atoms with Gasteiger partial charge in [-0.1, -0.05) is 35.9 Å². The Morgan fingerprint density at radius 1 is 0.719 bits per heavy atom. The predicted octanol–water partition coefficient (Wildman–Crippen LogP) is 9.98. The van der Waals surface area contributed by atoms with Gasteiger partial charge in [-0.2, -0.15) is 0 Å². The van der Waals surface area contributed by atoms with Gasteiger partial charge < -0.3 is 15.0 Å². The normalized spacial score (nSPS) is 8.72. The third kappa shape index (κ3) is 22.1. The lowest BCUT2D eigenvalue weighted by molar-refractivity contribution is 0.534. The fourth-order valence-corrected chi connectivity index (χ4v) is 2.79. The maximum Gasteiger partial charge on any atom is 0.100 e. The van der Waals surface area contributed by atoms with Crippen molar-refractivity contribution in [2.24, 2.45) is 0 Å². The minimum absolute atomic E-state index is 0. The van der Waals surface area contributed by atoms with Crippen LogP contribution in [0.25, 0.3) is 0 Å². The number of hydrogen-bond acceptors (Lipinski definition) is 5. The topological polar surface area (TPSA) is 61.3 Å². The molecule has 3 N–H and O–H groups in total. The van der Waals surface area contributed by atoms with E-state index in [1.54, 1.807) is 35.2 Å². The van der Waals surface area contributed by atoms with E-state index in [9.17, 15) is 0 Å². The molecule has 0 unspecified atom stereocenters. The summed E-state index contributed by atoms with van der Waals surface area (Å²) in [4.78, 5) is 2.77. The standard InChI is InChI=1S/C7H12.2C5H6O.2C5H6S.H3N/c1-4-5-6-7(2)3;4*1-5-3-2-4-6-5;/h4-6H,1-3H3;4*2-4H,1H3;1H3/b5-4-;;;;;. The van der Waals surface area contributed by atoms with Gasteiger partial charge in [0.25, 0.3) is 0 Å². The molecule has 176 valence electrons. The summed E-state index contributed by atoms with van der Waals surface area (Å²) in [6.45, 7) is 14.2. The van der Waals surface area contributed by atoms with Crippen molar-refractivity contribution in [2.75, 3.05) is 0 Å². The highest BCUT2D eigenvalue weighted by Crippen LogP contribution is 2.04. The van der Waals surface area contributed by atoms with E-state index < -0.39 is 0 Å². The second-order valence-electron chi connectivity index (χ2n) is 6.66. The summed E-state index contributed by atoms with van der Waals surface area (Å²) < 4.78 is 9.67. The molecule has 0 fully saturated rings. The van der Waals surface area contributed by atoms with Crippen molar-refractivity contribution >= 4 is 22.7 Å². The first-order valence-corrected chi connectivity index (χ1v) is 11.9. The van der Waals surface area contributed by atoms with Gasteiger partial charge in [-0.25, -0.2) is 0 Å². The van der Waals surface area contributed by atoms with Crippen molar-refractivity contribution < 1.29 is 8.83 Å². The maximum atomic E-state index is 4.83. The molecule has 4 aromatic heterocycles. The highest BCUT2D eigenvalue weighted by molar-refractivity contribution is 7.10. The summed E-state index contributed by atoms with van der Waals surface area (Å²) in [6.07, 6.45) is 9.47. The molecule has 4 aromatic rings. The van der Waals surface area contributed by atoms with Crippen LogP contribution in [0.3, 0.4) is 0 Å². The summed E-state index contributed by atoms with van der Waals surface area (Å²) in [6, 6.07) is 15.9. The Labute approximate surface area is 202 Å². The molecule has 4 rings (SSSR count). The van der Waals surface area contributed by atoms with Gasteiger partial charge in [0.15, 0.2) is 0 Å². The zero-order valence-electron chi connectivity index (χ0n) is 20.5. The minimum atomic E-state index is 0. The fraction of sp³-hybridized carbons (Fsp3) is 0.259. The molecule has 0 amide bonds. The van der Waals surface area contributed by atoms with Crippen LogP contribution in [0.2, 0.25) is 0 Å². The Hall–Kier alpha value is -2.60. The first-order chi connectivity index (χ1) is 14.8. The van der Waals surface area contributed by atoms with Crippen molar-refractivity contribution in [3.63, 3.8) is 0 Å². The third-order valence-electron chi connectivity index (χ3n) is 3.28. The van der Waals surface area contributed by atoms with E-state index in [1.807, 2.05) is 57.2 Å². The Kier molecular flexibility index (Phi) is 21.3. The number of allylic oxidation sites excluding steroid dienone is 4. The van der Waals surface area contributed by atoms with Crippen LogP contribution >= 0.6 is 22.7 Å². The average molecular weight is 474 g/mol. The van der Waals surface area contributed by atoms with Gasteiger partial charge in [-0.3, -0.25) is 0 Å². The van der Waals surface area contributed by atoms with Crippen LogP contribution in [0.4, 0.5) is 0 Å². The molecule has 0 radical (unpaired) electrons. The van der Waals surface area contributed by atoms with Crippen LogP contribution < -0.4 is 6.15 Å². The van der Waals surface area contributed by atoms with Gasteiger partial charge in [-0.05, 0) is 95.6 Å². The predicted molar refractivity (Wildman–Crippen MR) is 144 cm³/mol. The van der Waals surface area contributed by atoms with Crippen molar-refractivity contribution in [1.82, 2.24) is 6.15 Å². The summed E-state index contributed by atoms with van der Waals surface area (Å²) in [5.74, 6) is 1.94. The van der Waals surface area contributed by atoms with Crippen molar-refractivity contribution in [1.29, 1.82) is 0 Å². The first-order valence-electron chi connectivity index (χ1n) is 10.1. The number of rotatable bonds is 1. The third-order valence-corrected chi connectivity index (χ3v) is 4.88. The van der Waals surface area contributed by atoms with E-state index in [0.717, 1.165) is 11.5 Å². The van der Waals surface area contributed by atoms with Gasteiger partial charge in [0, 0.05) is 9.75 Å². The Morgan fingerprint density at radius 3 is 1.25 bits per heavy atom. The van der Waals surface area contributed by atoms with Gasteiger partial charge in [-0.15, -0.1) is 22.7 Å². The van der Waals surface area contributed by atoms with Gasteiger partial charge in [0.1, 0.15) is 11.5 Å². The van der Waals surface area contributed by atoms with Crippen molar-refractivity contribution in [3.05, 3.63) is 117 Å². The lowest BCUT2D eigenvalue weighted by Gasteiger charge is -1.77. The van der Waals surface area contributed by atoms with Crippen LogP contribution in [-0.2, 0) is 0 Å². The monoisotopic (exact) mass is 473 g/mol. The van der Waals surface area contributed by atoms with Crippen molar-refractivity contribution in [3.8, 4) is 0 Å². The SMILES string of the molecule is C/C=C\C=C(C)C.Cc1ccco1.Cc1ccco1.Cc1cccs1.Cc1cccs1.N. The van der Waals surface area contributed by atoms with Crippen molar-refractivity contribution in [2.45, 2.75) is 48.5 Å². The van der Waals surface area contributed by atoms with E-state index in [1.165, 1.54) is 15.3 Å². The minimum Gasteiger partial charge on any atom is -0.470 e. The van der Waals surface area contributed by atoms with Crippen LogP contribution in [0.1, 0.15) is 42.0 Å². The van der Waals surface area contributed by atoms with Crippen LogP contribution in [0, 0.1) is 27.7 Å². The van der Waals surface area contributed by atoms with Crippen LogP contribution in [0.5, 0.6) is 0 Å². The molecule has 0 aliphatic carbocycles. The Morgan fingerprint density at radius 2 is 1.16 bits per heavy atom. The molecule has 0 aliphatic rings. The zero-order chi connectivity index (χ0) is 23.3. The Balaban J connectivity index is 0. The molecule has 32 heavy (non-hydrogen) atoms. The first kappa shape index (κ1) is 31.6. The fourth-order valence-electron chi connectivity index (χ4n) is 1.73. The molecule has 0 bridgehead atoms. The summed E-state index contributed by atoms with van der Waals surface area (Å²) in [5.41, 5.74) is 1.35. The molecule has 0 saturated carbocycles. The molecule has 0 atom stereocenters. The molecule has 0 aromatic carbocycles. The molecule has 4 heterocycles. The maximum absolute atomic E-state index is 4.83. The summed E-state index contributed by atoms with van der Waals surface area (Å²) in [7, 11) is 0. The van der Waals surface area contributed by atoms with Crippen LogP contribution in [0.15, 0.2) is 104 Å². The second kappa shape index (κ2) is 21.6. The smallest absolute Gasteiger partial charge is 0.100 e. The lowest BCUT2D eigenvalue weighted by atomic mass is 10.3. The van der Waals surface area contributed by atoms with Gasteiger partial charge in [0.2, 0.25) is 0 Å². The number of aryl methyl sites for hydroxylation is 4. The van der Waals surface area contributed by atoms with E-state index in [0.29, 0.717) is 0 Å². The highest BCUT2D eigenvalue weighted by atomic mass is 32.1. The molecular weight excluding hydrogens is 434 g/mol. The molecule has 0 saturated heterocycles.